The van der Waals surface area contributed by atoms with Crippen molar-refractivity contribution in [3.63, 3.8) is 0 Å². The van der Waals surface area contributed by atoms with Crippen molar-refractivity contribution < 1.29 is 18.0 Å². The van der Waals surface area contributed by atoms with E-state index in [0.29, 0.717) is 6.42 Å². The fraction of sp³-hybridized carbons (Fsp3) is 0.619. The molecule has 7 nitrogen and oxygen atoms in total. The lowest BCUT2D eigenvalue weighted by atomic mass is 9.99. The van der Waals surface area contributed by atoms with E-state index in [1.165, 1.54) is 13.0 Å². The molecule has 160 valence electrons. The van der Waals surface area contributed by atoms with E-state index in [1.54, 1.807) is 17.0 Å². The van der Waals surface area contributed by atoms with E-state index in [-0.39, 0.29) is 41.8 Å². The Labute approximate surface area is 173 Å². The van der Waals surface area contributed by atoms with Crippen molar-refractivity contribution in [3.8, 4) is 0 Å². The first kappa shape index (κ1) is 21.8. The van der Waals surface area contributed by atoms with Gasteiger partial charge in [0.1, 0.15) is 0 Å². The number of sulfonamides is 1. The number of anilines is 1. The lowest BCUT2D eigenvalue weighted by molar-refractivity contribution is -0.134. The summed E-state index contributed by atoms with van der Waals surface area (Å²) >= 11 is 0. The van der Waals surface area contributed by atoms with Crippen LogP contribution in [0.3, 0.4) is 0 Å². The third kappa shape index (κ3) is 4.64. The SMILES string of the molecule is CC[C@@H]1CCCCN1C(=O)CCNS(=O)(=O)c1ccc2c(c1)C[C@H](C)N2C(C)=O. The number of hydrogen-bond donors (Lipinski definition) is 1. The maximum absolute atomic E-state index is 12.7. The molecule has 2 atom stereocenters. The minimum atomic E-state index is -3.71. The number of hydrogen-bond acceptors (Lipinski definition) is 4. The molecule has 1 saturated heterocycles. The van der Waals surface area contributed by atoms with Gasteiger partial charge in [-0.2, -0.15) is 0 Å². The number of benzene rings is 1. The Morgan fingerprint density at radius 1 is 1.24 bits per heavy atom. The first-order valence-electron chi connectivity index (χ1n) is 10.5. The van der Waals surface area contributed by atoms with Crippen LogP contribution in [0.5, 0.6) is 0 Å². The summed E-state index contributed by atoms with van der Waals surface area (Å²) in [4.78, 5) is 28.1. The number of fused-ring (bicyclic) bond motifs is 1. The molecule has 0 spiro atoms. The molecule has 0 radical (unpaired) electrons. The molecule has 1 aromatic rings. The fourth-order valence-corrected chi connectivity index (χ4v) is 5.61. The van der Waals surface area contributed by atoms with Gasteiger partial charge < -0.3 is 9.80 Å². The summed E-state index contributed by atoms with van der Waals surface area (Å²) in [5.41, 5.74) is 1.63. The van der Waals surface area contributed by atoms with Gasteiger partial charge in [0.05, 0.1) is 4.90 Å². The molecule has 0 saturated carbocycles. The Bertz CT molecular complexity index is 884. The van der Waals surface area contributed by atoms with Gasteiger partial charge in [0.15, 0.2) is 0 Å². The monoisotopic (exact) mass is 421 g/mol. The zero-order valence-corrected chi connectivity index (χ0v) is 18.3. The lowest BCUT2D eigenvalue weighted by Gasteiger charge is -2.35. The predicted octanol–water partition coefficient (Wildman–Crippen LogP) is 2.44. The Morgan fingerprint density at radius 3 is 2.69 bits per heavy atom. The minimum absolute atomic E-state index is 0.0131. The standard InChI is InChI=1S/C21H31N3O4S/c1-4-18-7-5-6-12-23(18)21(26)10-11-22-29(27,28)19-8-9-20-17(14-19)13-15(2)24(20)16(3)25/h8-9,14-15,18,22H,4-7,10-13H2,1-3H3/t15-,18+/m0/s1. The minimum Gasteiger partial charge on any atom is -0.340 e. The summed E-state index contributed by atoms with van der Waals surface area (Å²) in [7, 11) is -3.71. The number of rotatable bonds is 6. The van der Waals surface area contributed by atoms with Crippen LogP contribution in [0.1, 0.15) is 58.4 Å². The summed E-state index contributed by atoms with van der Waals surface area (Å²) in [6.07, 6.45) is 4.91. The summed E-state index contributed by atoms with van der Waals surface area (Å²) in [5, 5.41) is 0. The van der Waals surface area contributed by atoms with Crippen molar-refractivity contribution in [3.05, 3.63) is 23.8 Å². The van der Waals surface area contributed by atoms with Crippen LogP contribution in [0.25, 0.3) is 0 Å². The van der Waals surface area contributed by atoms with E-state index in [2.05, 4.69) is 11.6 Å². The van der Waals surface area contributed by atoms with Crippen molar-refractivity contribution in [1.29, 1.82) is 0 Å². The van der Waals surface area contributed by atoms with Crippen LogP contribution < -0.4 is 9.62 Å². The van der Waals surface area contributed by atoms with Crippen LogP contribution in [0.15, 0.2) is 23.1 Å². The van der Waals surface area contributed by atoms with Crippen LogP contribution in [-0.2, 0) is 26.0 Å². The molecule has 1 aromatic carbocycles. The average Bonchev–Trinajstić information content (AvgIpc) is 3.02. The summed E-state index contributed by atoms with van der Waals surface area (Å²) in [5.74, 6) is -0.0364. The Kier molecular flexibility index (Phi) is 6.63. The lowest BCUT2D eigenvalue weighted by Crippen LogP contribution is -2.44. The van der Waals surface area contributed by atoms with Gasteiger partial charge in [0.25, 0.3) is 0 Å². The molecule has 2 heterocycles. The van der Waals surface area contributed by atoms with Crippen LogP contribution >= 0.6 is 0 Å². The Balaban J connectivity index is 1.63. The highest BCUT2D eigenvalue weighted by Crippen LogP contribution is 2.33. The van der Waals surface area contributed by atoms with E-state index in [0.717, 1.165) is 43.5 Å². The van der Waals surface area contributed by atoms with Crippen molar-refractivity contribution >= 4 is 27.5 Å². The van der Waals surface area contributed by atoms with E-state index in [9.17, 15) is 18.0 Å². The Morgan fingerprint density at radius 2 is 2.00 bits per heavy atom. The molecule has 2 aliphatic heterocycles. The van der Waals surface area contributed by atoms with E-state index in [1.807, 2.05) is 11.8 Å². The topological polar surface area (TPSA) is 86.8 Å². The number of nitrogens with zero attached hydrogens (tertiary/aromatic N) is 2. The molecule has 0 bridgehead atoms. The highest BCUT2D eigenvalue weighted by molar-refractivity contribution is 7.89. The largest absolute Gasteiger partial charge is 0.340 e. The van der Waals surface area contributed by atoms with E-state index < -0.39 is 10.0 Å². The van der Waals surface area contributed by atoms with Crippen molar-refractivity contribution in [2.75, 3.05) is 18.0 Å². The average molecular weight is 422 g/mol. The molecule has 0 aromatic heterocycles. The highest BCUT2D eigenvalue weighted by atomic mass is 32.2. The number of amides is 2. The number of carbonyl (C=O) groups excluding carboxylic acids is 2. The van der Waals surface area contributed by atoms with Gasteiger partial charge in [-0.05, 0) is 62.8 Å². The normalized spacial score (nSPS) is 21.9. The molecule has 2 aliphatic rings. The zero-order chi connectivity index (χ0) is 21.2. The predicted molar refractivity (Wildman–Crippen MR) is 112 cm³/mol. The first-order valence-corrected chi connectivity index (χ1v) is 11.9. The molecular weight excluding hydrogens is 390 g/mol. The molecule has 3 rings (SSSR count). The summed E-state index contributed by atoms with van der Waals surface area (Å²) < 4.78 is 27.9. The van der Waals surface area contributed by atoms with Gasteiger partial charge in [-0.15, -0.1) is 0 Å². The van der Waals surface area contributed by atoms with Gasteiger partial charge in [-0.25, -0.2) is 13.1 Å². The number of piperidine rings is 1. The van der Waals surface area contributed by atoms with Crippen molar-refractivity contribution in [2.45, 2.75) is 76.3 Å². The molecule has 1 fully saturated rings. The number of likely N-dealkylation sites (tertiary alicyclic amines) is 1. The van der Waals surface area contributed by atoms with E-state index >= 15 is 0 Å². The second-order valence-electron chi connectivity index (χ2n) is 8.03. The quantitative estimate of drug-likeness (QED) is 0.764. The third-order valence-corrected chi connectivity index (χ3v) is 7.42. The number of carbonyl (C=O) groups is 2. The molecule has 8 heteroatoms. The van der Waals surface area contributed by atoms with Gasteiger partial charge >= 0.3 is 0 Å². The van der Waals surface area contributed by atoms with Gasteiger partial charge in [-0.1, -0.05) is 6.92 Å². The third-order valence-electron chi connectivity index (χ3n) is 5.97. The molecule has 1 N–H and O–H groups in total. The van der Waals surface area contributed by atoms with Crippen molar-refractivity contribution in [1.82, 2.24) is 9.62 Å². The second-order valence-corrected chi connectivity index (χ2v) is 9.79. The molecule has 0 aliphatic carbocycles. The van der Waals surface area contributed by atoms with E-state index in [4.69, 9.17) is 0 Å². The molecule has 0 unspecified atom stereocenters. The van der Waals surface area contributed by atoms with Gasteiger partial charge in [-0.3, -0.25) is 9.59 Å². The fourth-order valence-electron chi connectivity index (χ4n) is 4.53. The molecule has 2 amide bonds. The maximum atomic E-state index is 12.7. The van der Waals surface area contributed by atoms with Crippen LogP contribution in [-0.4, -0.2) is 50.3 Å². The first-order chi connectivity index (χ1) is 13.7. The molecular formula is C21H31N3O4S. The zero-order valence-electron chi connectivity index (χ0n) is 17.5. The van der Waals surface area contributed by atoms with Crippen LogP contribution in [0, 0.1) is 0 Å². The van der Waals surface area contributed by atoms with Gasteiger partial charge in [0, 0.05) is 44.2 Å². The van der Waals surface area contributed by atoms with Crippen LogP contribution in [0.2, 0.25) is 0 Å². The maximum Gasteiger partial charge on any atom is 0.240 e. The summed E-state index contributed by atoms with van der Waals surface area (Å²) in [6, 6.07) is 5.14. The van der Waals surface area contributed by atoms with Gasteiger partial charge in [0.2, 0.25) is 21.8 Å². The molecule has 29 heavy (non-hydrogen) atoms. The summed E-state index contributed by atoms with van der Waals surface area (Å²) in [6.45, 7) is 6.39. The highest BCUT2D eigenvalue weighted by Gasteiger charge is 2.30. The second kappa shape index (κ2) is 8.83. The van der Waals surface area contributed by atoms with Crippen LogP contribution in [0.4, 0.5) is 5.69 Å². The Hall–Kier alpha value is -1.93. The smallest absolute Gasteiger partial charge is 0.240 e. The van der Waals surface area contributed by atoms with Crippen molar-refractivity contribution in [2.24, 2.45) is 0 Å². The number of nitrogens with one attached hydrogen (secondary N) is 1.